The van der Waals surface area contributed by atoms with Crippen LogP contribution in [0, 0.1) is 12.8 Å². The Morgan fingerprint density at radius 3 is 2.59 bits per heavy atom. The van der Waals surface area contributed by atoms with Crippen molar-refractivity contribution in [1.82, 2.24) is 9.88 Å². The Bertz CT molecular complexity index is 1300. The average molecular weight is 499 g/mol. The number of aliphatic carboxylic acids is 1. The maximum atomic E-state index is 13.3. The molecule has 6 nitrogen and oxygen atoms in total. The molecular formula is C31H34N2O4. The van der Waals surface area contributed by atoms with Gasteiger partial charge < -0.3 is 14.7 Å². The Balaban J connectivity index is 1.54. The van der Waals surface area contributed by atoms with E-state index in [2.05, 4.69) is 29.2 Å². The summed E-state index contributed by atoms with van der Waals surface area (Å²) >= 11 is 0. The van der Waals surface area contributed by atoms with E-state index in [9.17, 15) is 14.7 Å². The van der Waals surface area contributed by atoms with Gasteiger partial charge in [0.2, 0.25) is 5.88 Å². The molecule has 0 unspecified atom stereocenters. The van der Waals surface area contributed by atoms with Gasteiger partial charge in [0.1, 0.15) is 0 Å². The first-order valence-electron chi connectivity index (χ1n) is 13.2. The second-order valence-corrected chi connectivity index (χ2v) is 10.4. The first-order chi connectivity index (χ1) is 17.9. The van der Waals surface area contributed by atoms with E-state index in [1.807, 2.05) is 36.1 Å². The molecule has 0 radical (unpaired) electrons. The van der Waals surface area contributed by atoms with Gasteiger partial charge in [0.05, 0.1) is 12.5 Å². The van der Waals surface area contributed by atoms with Crippen LogP contribution >= 0.6 is 0 Å². The number of hydrogen-bond acceptors (Lipinski definition) is 4. The quantitative estimate of drug-likeness (QED) is 0.501. The summed E-state index contributed by atoms with van der Waals surface area (Å²) in [6, 6.07) is 16.2. The van der Waals surface area contributed by atoms with Crippen molar-refractivity contribution < 1.29 is 19.4 Å². The highest BCUT2D eigenvalue weighted by Gasteiger charge is 2.30. The van der Waals surface area contributed by atoms with E-state index in [1.54, 1.807) is 13.1 Å². The number of carbonyl (C=O) groups is 2. The van der Waals surface area contributed by atoms with Gasteiger partial charge in [0.25, 0.3) is 5.91 Å². The van der Waals surface area contributed by atoms with Crippen LogP contribution in [0.25, 0.3) is 0 Å². The van der Waals surface area contributed by atoms with Gasteiger partial charge in [-0.3, -0.25) is 9.59 Å². The van der Waals surface area contributed by atoms with Crippen LogP contribution in [0.15, 0.2) is 54.7 Å². The Morgan fingerprint density at radius 2 is 1.84 bits per heavy atom. The third-order valence-corrected chi connectivity index (χ3v) is 7.74. The maximum Gasteiger partial charge on any atom is 0.307 e. The fourth-order valence-electron chi connectivity index (χ4n) is 5.53. The van der Waals surface area contributed by atoms with Crippen molar-refractivity contribution in [2.24, 2.45) is 5.92 Å². The van der Waals surface area contributed by atoms with Crippen LogP contribution in [-0.4, -0.2) is 40.0 Å². The van der Waals surface area contributed by atoms with E-state index in [-0.39, 0.29) is 11.8 Å². The summed E-state index contributed by atoms with van der Waals surface area (Å²) in [5.41, 5.74) is 6.92. The molecule has 0 aliphatic carbocycles. The maximum absolute atomic E-state index is 13.3. The largest absolute Gasteiger partial charge is 0.481 e. The number of aromatic nitrogens is 1. The number of hydrogen-bond donors (Lipinski definition) is 1. The molecule has 5 aliphatic rings. The lowest BCUT2D eigenvalue weighted by Gasteiger charge is -2.31. The minimum absolute atomic E-state index is 0.0384. The minimum atomic E-state index is -0.855. The Morgan fingerprint density at radius 1 is 1.03 bits per heavy atom. The third kappa shape index (κ3) is 5.38. The number of benzene rings is 2. The van der Waals surface area contributed by atoms with Gasteiger partial charge in [0, 0.05) is 36.3 Å². The number of carboxylic acids is 1. The molecule has 1 N–H and O–H groups in total. The Kier molecular flexibility index (Phi) is 7.26. The summed E-state index contributed by atoms with van der Waals surface area (Å²) in [6.45, 7) is 5.49. The molecule has 5 aliphatic heterocycles. The van der Waals surface area contributed by atoms with Gasteiger partial charge in [-0.15, -0.1) is 0 Å². The number of carbonyl (C=O) groups excluding carboxylic acids is 1. The number of nitrogens with zero attached hydrogens (tertiary/aromatic N) is 2. The summed E-state index contributed by atoms with van der Waals surface area (Å²) in [5, 5.41) is 9.95. The van der Waals surface area contributed by atoms with Crippen molar-refractivity contribution in [3.8, 4) is 5.88 Å². The highest BCUT2D eigenvalue weighted by atomic mass is 16.5. The fraction of sp³-hybridized carbons (Fsp3) is 0.387. The molecular weight excluding hydrogens is 464 g/mol. The molecule has 1 amide bonds. The third-order valence-electron chi connectivity index (χ3n) is 7.74. The summed E-state index contributed by atoms with van der Waals surface area (Å²) in [4.78, 5) is 31.9. The summed E-state index contributed by atoms with van der Waals surface area (Å²) < 4.78 is 5.97. The molecule has 6 heterocycles. The van der Waals surface area contributed by atoms with E-state index in [0.717, 1.165) is 54.4 Å². The molecule has 2 aromatic carbocycles. The van der Waals surface area contributed by atoms with E-state index in [4.69, 9.17) is 4.74 Å². The number of amides is 1. The number of carboxylic acid groups (broad SMARTS) is 1. The number of aryl methyl sites for hydroxylation is 2. The SMILES string of the molecule is Cc1cc2cnc1OCCCCCc1ccc(cc1)C(=O)N1CCc3ccc(cc3C1)[C@@H]2[C@@H](C)C(=O)O. The van der Waals surface area contributed by atoms with Crippen LogP contribution in [0.3, 0.4) is 0 Å². The lowest BCUT2D eigenvalue weighted by molar-refractivity contribution is -0.141. The lowest BCUT2D eigenvalue weighted by Crippen LogP contribution is -2.36. The molecule has 3 aromatic rings. The molecule has 0 spiro atoms. The van der Waals surface area contributed by atoms with E-state index in [0.29, 0.717) is 31.1 Å². The summed E-state index contributed by atoms with van der Waals surface area (Å²) in [5.74, 6) is -1.22. The number of pyridine rings is 1. The molecule has 0 fully saturated rings. The van der Waals surface area contributed by atoms with Gasteiger partial charge >= 0.3 is 5.97 Å². The first kappa shape index (κ1) is 25.0. The number of rotatable bonds is 2. The topological polar surface area (TPSA) is 79.7 Å². The highest BCUT2D eigenvalue weighted by molar-refractivity contribution is 5.94. The van der Waals surface area contributed by atoms with E-state index in [1.165, 1.54) is 11.1 Å². The van der Waals surface area contributed by atoms with Crippen molar-refractivity contribution in [1.29, 1.82) is 0 Å². The predicted molar refractivity (Wildman–Crippen MR) is 142 cm³/mol. The zero-order valence-electron chi connectivity index (χ0n) is 21.6. The van der Waals surface area contributed by atoms with Crippen LogP contribution in [0.2, 0.25) is 0 Å². The van der Waals surface area contributed by atoms with Crippen LogP contribution in [0.4, 0.5) is 0 Å². The van der Waals surface area contributed by atoms with Crippen molar-refractivity contribution in [2.45, 2.75) is 58.4 Å². The highest BCUT2D eigenvalue weighted by Crippen LogP contribution is 2.36. The summed E-state index contributed by atoms with van der Waals surface area (Å²) in [7, 11) is 0. The Labute approximate surface area is 218 Å². The molecule has 37 heavy (non-hydrogen) atoms. The van der Waals surface area contributed by atoms with Gasteiger partial charge in [-0.25, -0.2) is 4.98 Å². The number of ether oxygens (including phenoxy) is 1. The first-order valence-corrected chi connectivity index (χ1v) is 13.2. The van der Waals surface area contributed by atoms with Crippen molar-refractivity contribution >= 4 is 11.9 Å². The molecule has 8 rings (SSSR count). The molecule has 2 atom stereocenters. The van der Waals surface area contributed by atoms with Crippen LogP contribution in [0.1, 0.15) is 75.8 Å². The second kappa shape index (κ2) is 10.8. The molecule has 6 heteroatoms. The van der Waals surface area contributed by atoms with Gasteiger partial charge in [0.15, 0.2) is 0 Å². The zero-order chi connectivity index (χ0) is 25.9. The van der Waals surface area contributed by atoms with Gasteiger partial charge in [-0.2, -0.15) is 0 Å². The van der Waals surface area contributed by atoms with Crippen molar-refractivity contribution in [2.75, 3.05) is 13.2 Å². The second-order valence-electron chi connectivity index (χ2n) is 10.4. The standard InChI is InChI=1S/C31H34N2O4/c1-20-16-26-18-32-29(20)37-15-5-3-4-6-22-7-9-24(10-8-22)30(34)33-14-13-23-11-12-25(17-27(23)19-33)28(26)21(2)31(35)36/h7-12,16-18,21,28H,3-6,13-15,19H2,1-2H3,(H,35,36)/t21-,28+/m1/s1. The van der Waals surface area contributed by atoms with E-state index >= 15 is 0 Å². The Hall–Kier alpha value is -3.67. The monoisotopic (exact) mass is 498 g/mol. The van der Waals surface area contributed by atoms with Crippen molar-refractivity contribution in [3.05, 3.63) is 93.7 Å². The molecule has 1 aromatic heterocycles. The van der Waals surface area contributed by atoms with Crippen LogP contribution in [0.5, 0.6) is 5.88 Å². The van der Waals surface area contributed by atoms with Gasteiger partial charge in [-0.1, -0.05) is 37.3 Å². The van der Waals surface area contributed by atoms with Crippen LogP contribution in [-0.2, 0) is 24.2 Å². The fourth-order valence-corrected chi connectivity index (χ4v) is 5.53. The van der Waals surface area contributed by atoms with Crippen LogP contribution < -0.4 is 4.74 Å². The average Bonchev–Trinajstić information content (AvgIpc) is 2.90. The minimum Gasteiger partial charge on any atom is -0.481 e. The van der Waals surface area contributed by atoms with Crippen molar-refractivity contribution in [3.63, 3.8) is 0 Å². The van der Waals surface area contributed by atoms with Gasteiger partial charge in [-0.05, 0) is 85.0 Å². The van der Waals surface area contributed by atoms with E-state index < -0.39 is 11.9 Å². The zero-order valence-corrected chi connectivity index (χ0v) is 21.6. The summed E-state index contributed by atoms with van der Waals surface area (Å²) in [6.07, 6.45) is 6.55. The predicted octanol–water partition coefficient (Wildman–Crippen LogP) is 5.55. The lowest BCUT2D eigenvalue weighted by atomic mass is 9.80. The normalized spacial score (nSPS) is 18.8. The molecule has 0 saturated heterocycles. The molecule has 192 valence electrons. The molecule has 0 saturated carbocycles. The smallest absolute Gasteiger partial charge is 0.307 e. The molecule has 7 bridgehead atoms.